The number of carbonyl (C=O) groups is 2. The third kappa shape index (κ3) is 4.13. The van der Waals surface area contributed by atoms with Crippen LogP contribution in [0.15, 0.2) is 54.6 Å². The highest BCUT2D eigenvalue weighted by Crippen LogP contribution is 2.23. The molecule has 5 heteroatoms. The highest BCUT2D eigenvalue weighted by Gasteiger charge is 2.29. The van der Waals surface area contributed by atoms with Gasteiger partial charge in [-0.05, 0) is 29.8 Å². The Balaban J connectivity index is 2.20. The number of esters is 1. The van der Waals surface area contributed by atoms with Crippen molar-refractivity contribution in [1.82, 2.24) is 5.32 Å². The maximum atomic E-state index is 12.4. The molecule has 0 unspecified atom stereocenters. The Morgan fingerprint density at radius 2 is 1.58 bits per heavy atom. The number of methoxy groups -OCH3 is 2. The van der Waals surface area contributed by atoms with Crippen molar-refractivity contribution in [3.05, 3.63) is 65.7 Å². The number of carbonyl (C=O) groups excluding carboxylic acids is 2. The molecule has 1 amide bonds. The summed E-state index contributed by atoms with van der Waals surface area (Å²) in [4.78, 5) is 24.5. The molecule has 126 valence electrons. The second-order valence-corrected chi connectivity index (χ2v) is 5.40. The predicted molar refractivity (Wildman–Crippen MR) is 91.1 cm³/mol. The van der Waals surface area contributed by atoms with Crippen molar-refractivity contribution < 1.29 is 19.1 Å². The van der Waals surface area contributed by atoms with E-state index in [4.69, 9.17) is 9.47 Å². The Labute approximate surface area is 141 Å². The average molecular weight is 327 g/mol. The van der Waals surface area contributed by atoms with E-state index in [1.165, 1.54) is 7.11 Å². The van der Waals surface area contributed by atoms with Crippen molar-refractivity contribution in [2.75, 3.05) is 14.2 Å². The first-order chi connectivity index (χ1) is 11.6. The van der Waals surface area contributed by atoms with Gasteiger partial charge in [-0.25, -0.2) is 4.79 Å². The summed E-state index contributed by atoms with van der Waals surface area (Å²) in [7, 11) is 2.90. The Hall–Kier alpha value is -2.82. The summed E-state index contributed by atoms with van der Waals surface area (Å²) < 4.78 is 10.00. The number of ether oxygens (including phenoxy) is 2. The zero-order chi connectivity index (χ0) is 17.5. The molecule has 24 heavy (non-hydrogen) atoms. The minimum absolute atomic E-state index is 0.254. The van der Waals surface area contributed by atoms with Gasteiger partial charge < -0.3 is 14.8 Å². The molecule has 0 fully saturated rings. The number of amides is 1. The van der Waals surface area contributed by atoms with Crippen LogP contribution in [0.3, 0.4) is 0 Å². The first-order valence-electron chi connectivity index (χ1n) is 7.64. The van der Waals surface area contributed by atoms with Gasteiger partial charge in [0.1, 0.15) is 11.8 Å². The molecule has 0 aliphatic carbocycles. The lowest BCUT2D eigenvalue weighted by Crippen LogP contribution is -2.44. The van der Waals surface area contributed by atoms with Crippen LogP contribution in [0.5, 0.6) is 5.75 Å². The Kier molecular flexibility index (Phi) is 5.95. The van der Waals surface area contributed by atoms with Gasteiger partial charge in [0.25, 0.3) is 5.91 Å². The average Bonchev–Trinajstić information content (AvgIpc) is 2.65. The van der Waals surface area contributed by atoms with E-state index >= 15 is 0 Å². The summed E-state index contributed by atoms with van der Waals surface area (Å²) in [6.45, 7) is 1.87. The van der Waals surface area contributed by atoms with E-state index in [1.807, 2.05) is 37.3 Å². The summed E-state index contributed by atoms with van der Waals surface area (Å²) in [6, 6.07) is 15.4. The monoisotopic (exact) mass is 327 g/mol. The molecule has 0 aromatic heterocycles. The molecule has 0 aliphatic rings. The molecule has 0 saturated heterocycles. The molecule has 0 radical (unpaired) electrons. The Morgan fingerprint density at radius 1 is 0.958 bits per heavy atom. The standard InChI is InChI=1S/C19H21NO4/c1-13(14-9-11-16(23-2)12-10-14)17(19(22)24-3)20-18(21)15-7-5-4-6-8-15/h4-13,17H,1-3H3,(H,20,21)/t13-,17-/m1/s1. The summed E-state index contributed by atoms with van der Waals surface area (Å²) >= 11 is 0. The van der Waals surface area contributed by atoms with E-state index in [0.29, 0.717) is 5.56 Å². The van der Waals surface area contributed by atoms with E-state index in [-0.39, 0.29) is 11.8 Å². The summed E-state index contributed by atoms with van der Waals surface area (Å²) in [5.74, 6) is -0.320. The fourth-order valence-corrected chi connectivity index (χ4v) is 2.43. The van der Waals surface area contributed by atoms with Gasteiger partial charge in [0.2, 0.25) is 0 Å². The van der Waals surface area contributed by atoms with Gasteiger partial charge in [-0.3, -0.25) is 4.79 Å². The molecule has 2 aromatic rings. The van der Waals surface area contributed by atoms with Crippen molar-refractivity contribution in [2.24, 2.45) is 0 Å². The molecule has 2 aromatic carbocycles. The van der Waals surface area contributed by atoms with Gasteiger partial charge in [0.05, 0.1) is 14.2 Å². The topological polar surface area (TPSA) is 64.6 Å². The minimum atomic E-state index is -0.781. The molecule has 2 rings (SSSR count). The van der Waals surface area contributed by atoms with E-state index in [2.05, 4.69) is 5.32 Å². The third-order valence-corrected chi connectivity index (χ3v) is 3.92. The van der Waals surface area contributed by atoms with Gasteiger partial charge in [0.15, 0.2) is 0 Å². The molecular formula is C19H21NO4. The van der Waals surface area contributed by atoms with Crippen LogP contribution in [-0.2, 0) is 9.53 Å². The van der Waals surface area contributed by atoms with Gasteiger partial charge in [-0.1, -0.05) is 37.3 Å². The molecule has 0 aliphatic heterocycles. The fourth-order valence-electron chi connectivity index (χ4n) is 2.43. The summed E-state index contributed by atoms with van der Waals surface area (Å²) in [5.41, 5.74) is 1.40. The number of nitrogens with one attached hydrogen (secondary N) is 1. The maximum absolute atomic E-state index is 12.4. The van der Waals surface area contributed by atoms with Gasteiger partial charge in [-0.15, -0.1) is 0 Å². The molecule has 0 heterocycles. The van der Waals surface area contributed by atoms with Crippen molar-refractivity contribution in [2.45, 2.75) is 18.9 Å². The minimum Gasteiger partial charge on any atom is -0.497 e. The normalized spacial score (nSPS) is 12.8. The van der Waals surface area contributed by atoms with Gasteiger partial charge in [-0.2, -0.15) is 0 Å². The van der Waals surface area contributed by atoms with Crippen LogP contribution < -0.4 is 10.1 Å². The maximum Gasteiger partial charge on any atom is 0.328 e. The largest absolute Gasteiger partial charge is 0.497 e. The molecule has 0 bridgehead atoms. The first-order valence-corrected chi connectivity index (χ1v) is 7.64. The highest BCUT2D eigenvalue weighted by molar-refractivity contribution is 5.97. The molecule has 2 atom stereocenters. The van der Waals surface area contributed by atoms with Crippen LogP contribution in [0.1, 0.15) is 28.8 Å². The lowest BCUT2D eigenvalue weighted by atomic mass is 9.93. The molecule has 1 N–H and O–H groups in total. The number of rotatable bonds is 6. The SMILES string of the molecule is COC(=O)[C@H](NC(=O)c1ccccc1)[C@H](C)c1ccc(OC)cc1. The second kappa shape index (κ2) is 8.15. The molecule has 0 saturated carbocycles. The Bertz CT molecular complexity index is 682. The van der Waals surface area contributed by atoms with E-state index < -0.39 is 12.0 Å². The van der Waals surface area contributed by atoms with E-state index in [9.17, 15) is 9.59 Å². The third-order valence-electron chi connectivity index (χ3n) is 3.92. The lowest BCUT2D eigenvalue weighted by Gasteiger charge is -2.23. The van der Waals surface area contributed by atoms with Gasteiger partial charge in [0, 0.05) is 11.5 Å². The molecule has 5 nitrogen and oxygen atoms in total. The highest BCUT2D eigenvalue weighted by atomic mass is 16.5. The lowest BCUT2D eigenvalue weighted by molar-refractivity contribution is -0.143. The number of hydrogen-bond acceptors (Lipinski definition) is 4. The molecular weight excluding hydrogens is 306 g/mol. The summed E-state index contributed by atoms with van der Waals surface area (Å²) in [6.07, 6.45) is 0. The zero-order valence-corrected chi connectivity index (χ0v) is 14.0. The van der Waals surface area contributed by atoms with Crippen LogP contribution in [0.25, 0.3) is 0 Å². The van der Waals surface area contributed by atoms with E-state index in [1.54, 1.807) is 31.4 Å². The van der Waals surface area contributed by atoms with E-state index in [0.717, 1.165) is 11.3 Å². The number of benzene rings is 2. The van der Waals surface area contributed by atoms with Crippen molar-refractivity contribution in [3.63, 3.8) is 0 Å². The fraction of sp³-hybridized carbons (Fsp3) is 0.263. The number of hydrogen-bond donors (Lipinski definition) is 1. The van der Waals surface area contributed by atoms with Crippen LogP contribution >= 0.6 is 0 Å². The van der Waals surface area contributed by atoms with Crippen molar-refractivity contribution in [3.8, 4) is 5.75 Å². The smallest absolute Gasteiger partial charge is 0.328 e. The first kappa shape index (κ1) is 17.5. The van der Waals surface area contributed by atoms with Crippen molar-refractivity contribution in [1.29, 1.82) is 0 Å². The van der Waals surface area contributed by atoms with Crippen LogP contribution in [0, 0.1) is 0 Å². The predicted octanol–water partition coefficient (Wildman–Crippen LogP) is 2.77. The van der Waals surface area contributed by atoms with Gasteiger partial charge >= 0.3 is 5.97 Å². The van der Waals surface area contributed by atoms with Crippen molar-refractivity contribution >= 4 is 11.9 Å². The Morgan fingerprint density at radius 3 is 2.12 bits per heavy atom. The molecule has 0 spiro atoms. The second-order valence-electron chi connectivity index (χ2n) is 5.40. The zero-order valence-electron chi connectivity index (χ0n) is 14.0. The summed E-state index contributed by atoms with van der Waals surface area (Å²) in [5, 5.41) is 2.77. The van der Waals surface area contributed by atoms with Crippen LogP contribution in [-0.4, -0.2) is 32.1 Å². The van der Waals surface area contributed by atoms with Crippen LogP contribution in [0.4, 0.5) is 0 Å². The van der Waals surface area contributed by atoms with Crippen LogP contribution in [0.2, 0.25) is 0 Å². The quantitative estimate of drug-likeness (QED) is 0.829.